The zero-order valence-electron chi connectivity index (χ0n) is 7.50. The molecule has 3 nitrogen and oxygen atoms in total. The van der Waals surface area contributed by atoms with Gasteiger partial charge in [0.15, 0.2) is 11.6 Å². The molecular formula is C8H9BF2O3. The van der Waals surface area contributed by atoms with Crippen LogP contribution in [0.3, 0.4) is 0 Å². The van der Waals surface area contributed by atoms with Gasteiger partial charge in [0.25, 0.3) is 0 Å². The van der Waals surface area contributed by atoms with Crippen LogP contribution in [0, 0.1) is 11.6 Å². The van der Waals surface area contributed by atoms with Gasteiger partial charge in [-0.15, -0.1) is 0 Å². The fourth-order valence-corrected chi connectivity index (χ4v) is 1.08. The smallest absolute Gasteiger partial charge is 0.423 e. The summed E-state index contributed by atoms with van der Waals surface area (Å²) in [6.07, 6.45) is 0. The molecule has 0 saturated heterocycles. The van der Waals surface area contributed by atoms with Crippen LogP contribution in [0.1, 0.15) is 5.56 Å². The number of ether oxygens (including phenoxy) is 1. The maximum Gasteiger partial charge on any atom is 0.488 e. The molecule has 0 radical (unpaired) electrons. The Kier molecular flexibility index (Phi) is 3.57. The second kappa shape index (κ2) is 4.50. The van der Waals surface area contributed by atoms with Crippen molar-refractivity contribution in [2.45, 2.75) is 6.61 Å². The Morgan fingerprint density at radius 2 is 2.00 bits per heavy atom. The van der Waals surface area contributed by atoms with Gasteiger partial charge in [0, 0.05) is 12.7 Å². The molecule has 76 valence electrons. The summed E-state index contributed by atoms with van der Waals surface area (Å²) in [5.74, 6) is -2.15. The van der Waals surface area contributed by atoms with Crippen LogP contribution in [0.4, 0.5) is 8.78 Å². The lowest BCUT2D eigenvalue weighted by Crippen LogP contribution is -2.31. The number of rotatable bonds is 3. The topological polar surface area (TPSA) is 49.7 Å². The summed E-state index contributed by atoms with van der Waals surface area (Å²) in [7, 11) is -0.486. The largest absolute Gasteiger partial charge is 0.488 e. The second-order valence-corrected chi connectivity index (χ2v) is 2.78. The molecule has 0 unspecified atom stereocenters. The molecule has 0 aliphatic heterocycles. The normalized spacial score (nSPS) is 10.4. The summed E-state index contributed by atoms with van der Waals surface area (Å²) in [6, 6.07) is 1.88. The van der Waals surface area contributed by atoms with E-state index in [2.05, 4.69) is 4.74 Å². The predicted octanol–water partition coefficient (Wildman–Crippen LogP) is -0.209. The molecule has 1 aromatic rings. The highest BCUT2D eigenvalue weighted by Gasteiger charge is 2.17. The van der Waals surface area contributed by atoms with Crippen LogP contribution in [0.2, 0.25) is 0 Å². The fraction of sp³-hybridized carbons (Fsp3) is 0.250. The van der Waals surface area contributed by atoms with Gasteiger partial charge in [-0.05, 0) is 11.5 Å². The number of hydrogen-bond acceptors (Lipinski definition) is 3. The molecule has 0 aromatic heterocycles. The third-order valence-corrected chi connectivity index (χ3v) is 1.72. The van der Waals surface area contributed by atoms with Gasteiger partial charge in [-0.25, -0.2) is 8.78 Å². The molecule has 0 spiro atoms. The summed E-state index contributed by atoms with van der Waals surface area (Å²) < 4.78 is 30.5. The standard InChI is InChI=1S/C8H9BF2O3/c1-14-4-5-2-6(9(12)13)3-7(10)8(5)11/h2-3,12-13H,4H2,1H3. The Balaban J connectivity index is 3.14. The molecular weight excluding hydrogens is 193 g/mol. The Morgan fingerprint density at radius 3 is 2.50 bits per heavy atom. The van der Waals surface area contributed by atoms with Crippen molar-refractivity contribution < 1.29 is 23.6 Å². The average molecular weight is 202 g/mol. The van der Waals surface area contributed by atoms with Crippen molar-refractivity contribution in [1.29, 1.82) is 0 Å². The van der Waals surface area contributed by atoms with E-state index in [0.717, 1.165) is 12.1 Å². The maximum atomic E-state index is 13.0. The molecule has 14 heavy (non-hydrogen) atoms. The van der Waals surface area contributed by atoms with E-state index in [-0.39, 0.29) is 17.6 Å². The van der Waals surface area contributed by atoms with Gasteiger partial charge in [-0.2, -0.15) is 0 Å². The molecule has 0 saturated carbocycles. The van der Waals surface area contributed by atoms with Gasteiger partial charge in [0.05, 0.1) is 6.61 Å². The minimum Gasteiger partial charge on any atom is -0.423 e. The Morgan fingerprint density at radius 1 is 1.36 bits per heavy atom. The van der Waals surface area contributed by atoms with Gasteiger partial charge in [-0.1, -0.05) is 6.07 Å². The summed E-state index contributed by atoms with van der Waals surface area (Å²) in [5.41, 5.74) is -0.147. The third-order valence-electron chi connectivity index (χ3n) is 1.72. The lowest BCUT2D eigenvalue weighted by atomic mass is 9.79. The molecule has 0 atom stereocenters. The average Bonchev–Trinajstić information content (AvgIpc) is 2.12. The first-order valence-corrected chi connectivity index (χ1v) is 3.89. The fourth-order valence-electron chi connectivity index (χ4n) is 1.08. The van der Waals surface area contributed by atoms with Crippen molar-refractivity contribution >= 4 is 12.6 Å². The van der Waals surface area contributed by atoms with Crippen LogP contribution in [-0.4, -0.2) is 24.3 Å². The molecule has 0 fully saturated rings. The second-order valence-electron chi connectivity index (χ2n) is 2.78. The molecule has 0 bridgehead atoms. The van der Waals surface area contributed by atoms with E-state index in [0.29, 0.717) is 0 Å². The van der Waals surface area contributed by atoms with E-state index in [1.54, 1.807) is 0 Å². The van der Waals surface area contributed by atoms with Crippen LogP contribution in [0.5, 0.6) is 0 Å². The minimum atomic E-state index is -1.82. The highest BCUT2D eigenvalue weighted by molar-refractivity contribution is 6.58. The van der Waals surface area contributed by atoms with Gasteiger partial charge in [0.1, 0.15) is 0 Å². The van der Waals surface area contributed by atoms with Crippen molar-refractivity contribution in [3.8, 4) is 0 Å². The van der Waals surface area contributed by atoms with Crippen molar-refractivity contribution in [1.82, 2.24) is 0 Å². The monoisotopic (exact) mass is 202 g/mol. The van der Waals surface area contributed by atoms with Crippen molar-refractivity contribution in [2.75, 3.05) is 7.11 Å². The number of halogens is 2. The molecule has 0 amide bonds. The van der Waals surface area contributed by atoms with E-state index in [1.165, 1.54) is 7.11 Å². The van der Waals surface area contributed by atoms with Crippen LogP contribution in [-0.2, 0) is 11.3 Å². The molecule has 2 N–H and O–H groups in total. The van der Waals surface area contributed by atoms with Gasteiger partial charge >= 0.3 is 7.12 Å². The Hall–Kier alpha value is -0.975. The summed E-state index contributed by atoms with van der Waals surface area (Å²) in [4.78, 5) is 0. The molecule has 0 aliphatic carbocycles. The van der Waals surface area contributed by atoms with Crippen molar-refractivity contribution in [2.24, 2.45) is 0 Å². The quantitative estimate of drug-likeness (QED) is 0.666. The third kappa shape index (κ3) is 2.28. The highest BCUT2D eigenvalue weighted by Crippen LogP contribution is 2.11. The van der Waals surface area contributed by atoms with E-state index in [9.17, 15) is 8.78 Å². The SMILES string of the molecule is COCc1cc(B(O)O)cc(F)c1F. The zero-order valence-corrected chi connectivity index (χ0v) is 7.50. The van der Waals surface area contributed by atoms with Gasteiger partial charge in [0.2, 0.25) is 0 Å². The first-order valence-electron chi connectivity index (χ1n) is 3.89. The molecule has 0 heterocycles. The Labute approximate surface area is 80.1 Å². The van der Waals surface area contributed by atoms with Crippen LogP contribution in [0.15, 0.2) is 12.1 Å². The lowest BCUT2D eigenvalue weighted by molar-refractivity contribution is 0.180. The summed E-state index contributed by atoms with van der Waals surface area (Å²) >= 11 is 0. The van der Waals surface area contributed by atoms with Crippen LogP contribution < -0.4 is 5.46 Å². The van der Waals surface area contributed by atoms with Crippen LogP contribution in [0.25, 0.3) is 0 Å². The van der Waals surface area contributed by atoms with E-state index in [4.69, 9.17) is 10.0 Å². The molecule has 1 aromatic carbocycles. The van der Waals surface area contributed by atoms with Gasteiger partial charge < -0.3 is 14.8 Å². The summed E-state index contributed by atoms with van der Waals surface area (Å²) in [6.45, 7) is -0.122. The number of methoxy groups -OCH3 is 1. The van der Waals surface area contributed by atoms with E-state index < -0.39 is 18.8 Å². The van der Waals surface area contributed by atoms with E-state index in [1.807, 2.05) is 0 Å². The van der Waals surface area contributed by atoms with E-state index >= 15 is 0 Å². The highest BCUT2D eigenvalue weighted by atomic mass is 19.2. The molecule has 0 aliphatic rings. The maximum absolute atomic E-state index is 13.0. The first kappa shape index (κ1) is 11.1. The van der Waals surface area contributed by atoms with Crippen LogP contribution >= 0.6 is 0 Å². The Bertz CT molecular complexity index is 331. The zero-order chi connectivity index (χ0) is 10.7. The van der Waals surface area contributed by atoms with Gasteiger partial charge in [-0.3, -0.25) is 0 Å². The van der Waals surface area contributed by atoms with Crippen molar-refractivity contribution in [3.63, 3.8) is 0 Å². The summed E-state index contributed by atoms with van der Waals surface area (Å²) in [5, 5.41) is 17.5. The predicted molar refractivity (Wildman–Crippen MR) is 46.9 cm³/mol. The minimum absolute atomic E-state index is 0.0457. The molecule has 1 rings (SSSR count). The number of hydrogen-bond donors (Lipinski definition) is 2. The molecule has 6 heteroatoms. The van der Waals surface area contributed by atoms with Crippen molar-refractivity contribution in [3.05, 3.63) is 29.3 Å². The first-order chi connectivity index (χ1) is 6.56. The lowest BCUT2D eigenvalue weighted by Gasteiger charge is -2.06. The number of benzene rings is 1.